The van der Waals surface area contributed by atoms with Crippen molar-refractivity contribution >= 4 is 27.5 Å². The van der Waals surface area contributed by atoms with E-state index in [2.05, 4.69) is 5.32 Å². The van der Waals surface area contributed by atoms with Crippen molar-refractivity contribution in [3.63, 3.8) is 0 Å². The van der Waals surface area contributed by atoms with Gasteiger partial charge in [-0.05, 0) is 43.7 Å². The molecule has 0 aliphatic rings. The SMILES string of the molecule is CNC(=O)[C@H](C)N(Cc1ccccc1)C(=O)CN(c1ccccc1OC)S(=O)(=O)c1ccc(C)cc1. The minimum absolute atomic E-state index is 0.0424. The minimum atomic E-state index is -4.15. The average Bonchev–Trinajstić information content (AvgIpc) is 2.90. The van der Waals surface area contributed by atoms with Gasteiger partial charge in [-0.25, -0.2) is 8.42 Å². The van der Waals surface area contributed by atoms with Crippen molar-refractivity contribution < 1.29 is 22.7 Å². The zero-order chi connectivity index (χ0) is 26.3. The summed E-state index contributed by atoms with van der Waals surface area (Å²) >= 11 is 0. The van der Waals surface area contributed by atoms with E-state index in [9.17, 15) is 18.0 Å². The van der Waals surface area contributed by atoms with E-state index in [0.717, 1.165) is 15.4 Å². The molecular weight excluding hydrogens is 478 g/mol. The number of likely N-dealkylation sites (N-methyl/N-ethyl adjacent to an activating group) is 1. The number of aryl methyl sites for hydroxylation is 1. The van der Waals surface area contributed by atoms with Gasteiger partial charge in [0.1, 0.15) is 18.3 Å². The molecule has 1 N–H and O–H groups in total. The quantitative estimate of drug-likeness (QED) is 0.452. The van der Waals surface area contributed by atoms with E-state index in [-0.39, 0.29) is 23.0 Å². The fourth-order valence-electron chi connectivity index (χ4n) is 3.76. The van der Waals surface area contributed by atoms with Crippen molar-refractivity contribution in [3.8, 4) is 5.75 Å². The molecule has 0 aliphatic carbocycles. The number of ether oxygens (including phenoxy) is 1. The van der Waals surface area contributed by atoms with Gasteiger partial charge >= 0.3 is 0 Å². The smallest absolute Gasteiger partial charge is 0.264 e. The lowest BCUT2D eigenvalue weighted by molar-refractivity contribution is -0.139. The molecule has 8 nitrogen and oxygen atoms in total. The van der Waals surface area contributed by atoms with Crippen molar-refractivity contribution in [3.05, 3.63) is 90.0 Å². The average molecular weight is 510 g/mol. The van der Waals surface area contributed by atoms with Crippen LogP contribution in [0.1, 0.15) is 18.1 Å². The Morgan fingerprint density at radius 3 is 2.17 bits per heavy atom. The van der Waals surface area contributed by atoms with Crippen LogP contribution in [0, 0.1) is 6.92 Å². The van der Waals surface area contributed by atoms with Crippen LogP contribution in [-0.4, -0.2) is 51.9 Å². The number of nitrogens with zero attached hydrogens (tertiary/aromatic N) is 2. The summed E-state index contributed by atoms with van der Waals surface area (Å²) in [6, 6.07) is 21.4. The highest BCUT2D eigenvalue weighted by Gasteiger charge is 2.33. The van der Waals surface area contributed by atoms with Crippen LogP contribution in [0.4, 0.5) is 5.69 Å². The maximum Gasteiger partial charge on any atom is 0.264 e. The van der Waals surface area contributed by atoms with Crippen LogP contribution in [0.25, 0.3) is 0 Å². The van der Waals surface area contributed by atoms with Crippen molar-refractivity contribution in [1.82, 2.24) is 10.2 Å². The molecule has 0 fully saturated rings. The highest BCUT2D eigenvalue weighted by atomic mass is 32.2. The van der Waals surface area contributed by atoms with Crippen molar-refractivity contribution in [1.29, 1.82) is 0 Å². The van der Waals surface area contributed by atoms with Crippen LogP contribution in [-0.2, 0) is 26.2 Å². The Balaban J connectivity index is 2.06. The molecule has 2 amide bonds. The molecule has 0 saturated heterocycles. The molecule has 0 heterocycles. The maximum atomic E-state index is 13.8. The van der Waals surface area contributed by atoms with Gasteiger partial charge in [0.05, 0.1) is 17.7 Å². The normalized spacial score (nSPS) is 11.9. The maximum absolute atomic E-state index is 13.8. The molecule has 3 aromatic rings. The number of nitrogens with one attached hydrogen (secondary N) is 1. The largest absolute Gasteiger partial charge is 0.495 e. The third-order valence-corrected chi connectivity index (χ3v) is 7.63. The zero-order valence-corrected chi connectivity index (χ0v) is 21.7. The van der Waals surface area contributed by atoms with Crippen molar-refractivity contribution in [2.75, 3.05) is 25.0 Å². The third-order valence-electron chi connectivity index (χ3n) is 5.85. The predicted molar refractivity (Wildman–Crippen MR) is 139 cm³/mol. The Hall–Kier alpha value is -3.85. The lowest BCUT2D eigenvalue weighted by Crippen LogP contribution is -2.50. The Bertz CT molecular complexity index is 1290. The third kappa shape index (κ3) is 6.04. The van der Waals surface area contributed by atoms with Gasteiger partial charge in [-0.3, -0.25) is 13.9 Å². The molecule has 0 unspecified atom stereocenters. The van der Waals surface area contributed by atoms with Crippen LogP contribution in [0.15, 0.2) is 83.8 Å². The van der Waals surface area contributed by atoms with Crippen LogP contribution in [0.2, 0.25) is 0 Å². The van der Waals surface area contributed by atoms with Gasteiger partial charge in [-0.2, -0.15) is 0 Å². The molecule has 0 aromatic heterocycles. The molecule has 9 heteroatoms. The minimum Gasteiger partial charge on any atom is -0.495 e. The number of hydrogen-bond donors (Lipinski definition) is 1. The first-order valence-corrected chi connectivity index (χ1v) is 12.9. The number of sulfonamides is 1. The number of rotatable bonds is 10. The number of amides is 2. The Kier molecular flexibility index (Phi) is 8.71. The number of benzene rings is 3. The summed E-state index contributed by atoms with van der Waals surface area (Å²) in [6.45, 7) is 3.09. The number of carbonyl (C=O) groups excluding carboxylic acids is 2. The summed E-state index contributed by atoms with van der Waals surface area (Å²) in [5, 5.41) is 2.57. The summed E-state index contributed by atoms with van der Waals surface area (Å²) in [6.07, 6.45) is 0. The van der Waals surface area contributed by atoms with Gasteiger partial charge in [0.15, 0.2) is 0 Å². The number of anilines is 1. The van der Waals surface area contributed by atoms with E-state index < -0.39 is 28.5 Å². The molecule has 0 bridgehead atoms. The van der Waals surface area contributed by atoms with Crippen molar-refractivity contribution in [2.45, 2.75) is 31.3 Å². The molecule has 3 rings (SSSR count). The second-order valence-corrected chi connectivity index (χ2v) is 10.2. The van der Waals surface area contributed by atoms with Gasteiger partial charge in [0.2, 0.25) is 11.8 Å². The summed E-state index contributed by atoms with van der Waals surface area (Å²) in [7, 11) is -1.22. The molecule has 0 spiro atoms. The lowest BCUT2D eigenvalue weighted by Gasteiger charge is -2.32. The summed E-state index contributed by atoms with van der Waals surface area (Å²) in [5.74, 6) is -0.587. The van der Waals surface area contributed by atoms with Crippen LogP contribution < -0.4 is 14.4 Å². The number of carbonyl (C=O) groups is 2. The summed E-state index contributed by atoms with van der Waals surface area (Å²) in [4.78, 5) is 27.6. The number of methoxy groups -OCH3 is 1. The molecule has 36 heavy (non-hydrogen) atoms. The second kappa shape index (κ2) is 11.7. The van der Waals surface area contributed by atoms with Gasteiger partial charge in [-0.1, -0.05) is 60.2 Å². The van der Waals surface area contributed by atoms with E-state index in [1.807, 2.05) is 37.3 Å². The molecular formula is C27H31N3O5S. The fraction of sp³-hybridized carbons (Fsp3) is 0.259. The first-order valence-electron chi connectivity index (χ1n) is 11.5. The second-order valence-electron chi connectivity index (χ2n) is 8.29. The molecule has 1 atom stereocenters. The first kappa shape index (κ1) is 26.7. The van der Waals surface area contributed by atoms with Crippen LogP contribution in [0.3, 0.4) is 0 Å². The summed E-state index contributed by atoms with van der Waals surface area (Å²) < 4.78 is 34.1. The lowest BCUT2D eigenvalue weighted by atomic mass is 10.1. The van der Waals surface area contributed by atoms with Gasteiger partial charge < -0.3 is 15.0 Å². The molecule has 190 valence electrons. The fourth-order valence-corrected chi connectivity index (χ4v) is 5.18. The number of para-hydroxylation sites is 2. The van der Waals surface area contributed by atoms with Gasteiger partial charge in [0, 0.05) is 13.6 Å². The monoisotopic (exact) mass is 509 g/mol. The van der Waals surface area contributed by atoms with Gasteiger partial charge in [-0.15, -0.1) is 0 Å². The van der Waals surface area contributed by atoms with Crippen LogP contribution in [0.5, 0.6) is 5.75 Å². The van der Waals surface area contributed by atoms with E-state index in [1.165, 1.54) is 31.2 Å². The molecule has 0 aliphatic heterocycles. The van der Waals surface area contributed by atoms with Gasteiger partial charge in [0.25, 0.3) is 10.0 Å². The van der Waals surface area contributed by atoms with Crippen LogP contribution >= 0.6 is 0 Å². The zero-order valence-electron chi connectivity index (χ0n) is 20.8. The Morgan fingerprint density at radius 1 is 0.944 bits per heavy atom. The standard InChI is InChI=1S/C27H31N3O5S/c1-20-14-16-23(17-15-20)36(33,34)30(24-12-8-9-13-25(24)35-4)19-26(31)29(21(2)27(32)28-3)18-22-10-6-5-7-11-22/h5-17,21H,18-19H2,1-4H3,(H,28,32)/t21-/m0/s1. The topological polar surface area (TPSA) is 96.0 Å². The van der Waals surface area contributed by atoms with E-state index in [1.54, 1.807) is 43.3 Å². The number of hydrogen-bond acceptors (Lipinski definition) is 5. The Morgan fingerprint density at radius 2 is 1.56 bits per heavy atom. The van der Waals surface area contributed by atoms with Crippen molar-refractivity contribution in [2.24, 2.45) is 0 Å². The van der Waals surface area contributed by atoms with E-state index >= 15 is 0 Å². The summed E-state index contributed by atoms with van der Waals surface area (Å²) in [5.41, 5.74) is 1.94. The highest BCUT2D eigenvalue weighted by molar-refractivity contribution is 7.92. The van der Waals surface area contributed by atoms with E-state index in [0.29, 0.717) is 5.75 Å². The van der Waals surface area contributed by atoms with E-state index in [4.69, 9.17) is 4.74 Å². The molecule has 0 radical (unpaired) electrons. The molecule has 3 aromatic carbocycles. The highest BCUT2D eigenvalue weighted by Crippen LogP contribution is 2.32. The molecule has 0 saturated carbocycles. The predicted octanol–water partition coefficient (Wildman–Crippen LogP) is 3.36. The first-order chi connectivity index (χ1) is 17.2. The Labute approximate surface area is 212 Å².